The van der Waals surface area contributed by atoms with E-state index in [0.29, 0.717) is 13.1 Å². The predicted octanol–water partition coefficient (Wildman–Crippen LogP) is 1.15. The van der Waals surface area contributed by atoms with Gasteiger partial charge in [-0.25, -0.2) is 0 Å². The van der Waals surface area contributed by atoms with Crippen molar-refractivity contribution in [1.82, 2.24) is 4.90 Å². The molecular formula is C8H12ClNO2. The lowest BCUT2D eigenvalue weighted by Gasteiger charge is -2.36. The number of likely N-dealkylation sites (tertiary alicyclic amines) is 1. The Bertz CT molecular complexity index is 209. The van der Waals surface area contributed by atoms with Gasteiger partial charge in [0.25, 0.3) is 0 Å². The van der Waals surface area contributed by atoms with Crippen LogP contribution in [0.25, 0.3) is 0 Å². The molecule has 4 heteroatoms. The third-order valence-corrected chi connectivity index (χ3v) is 2.34. The van der Waals surface area contributed by atoms with Crippen LogP contribution in [-0.4, -0.2) is 35.6 Å². The molecule has 1 aliphatic rings. The molecule has 0 atom stereocenters. The van der Waals surface area contributed by atoms with Gasteiger partial charge in [0.2, 0.25) is 0 Å². The Kier molecular flexibility index (Phi) is 3.12. The SMILES string of the molecule is C/C(=C\Cl)CN1CC(C(=O)O)C1. The number of carbonyl (C=O) groups is 1. The van der Waals surface area contributed by atoms with Crippen molar-refractivity contribution in [2.45, 2.75) is 6.92 Å². The average Bonchev–Trinajstić information content (AvgIpc) is 1.94. The predicted molar refractivity (Wildman–Crippen MR) is 47.2 cm³/mol. The summed E-state index contributed by atoms with van der Waals surface area (Å²) in [7, 11) is 0. The largest absolute Gasteiger partial charge is 0.481 e. The molecule has 0 amide bonds. The highest BCUT2D eigenvalue weighted by atomic mass is 35.5. The van der Waals surface area contributed by atoms with Crippen LogP contribution in [0, 0.1) is 5.92 Å². The van der Waals surface area contributed by atoms with Crippen LogP contribution < -0.4 is 0 Å². The molecule has 1 aliphatic heterocycles. The van der Waals surface area contributed by atoms with Gasteiger partial charge in [0.15, 0.2) is 0 Å². The average molecular weight is 190 g/mol. The summed E-state index contributed by atoms with van der Waals surface area (Å²) in [5.74, 6) is -0.869. The van der Waals surface area contributed by atoms with Gasteiger partial charge < -0.3 is 5.11 Å². The summed E-state index contributed by atoms with van der Waals surface area (Å²) in [5, 5.41) is 8.57. The molecule has 0 aromatic heterocycles. The van der Waals surface area contributed by atoms with E-state index in [1.54, 1.807) is 0 Å². The standard InChI is InChI=1S/C8H12ClNO2/c1-6(2-9)3-10-4-7(5-10)8(11)12/h2,7H,3-5H2,1H3,(H,11,12)/b6-2+. The van der Waals surface area contributed by atoms with Crippen molar-refractivity contribution in [3.8, 4) is 0 Å². The van der Waals surface area contributed by atoms with E-state index in [2.05, 4.69) is 4.90 Å². The lowest BCUT2D eigenvalue weighted by atomic mass is 10.0. The number of rotatable bonds is 3. The molecule has 0 unspecified atom stereocenters. The second-order valence-electron chi connectivity index (χ2n) is 3.18. The normalized spacial score (nSPS) is 20.7. The van der Waals surface area contributed by atoms with Crippen molar-refractivity contribution in [2.24, 2.45) is 5.92 Å². The molecule has 3 nitrogen and oxygen atoms in total. The first-order valence-electron chi connectivity index (χ1n) is 3.84. The first-order chi connectivity index (χ1) is 5.63. The monoisotopic (exact) mass is 189 g/mol. The molecule has 1 heterocycles. The Morgan fingerprint density at radius 2 is 2.33 bits per heavy atom. The van der Waals surface area contributed by atoms with Gasteiger partial charge in [0.1, 0.15) is 0 Å². The highest BCUT2D eigenvalue weighted by Crippen LogP contribution is 2.16. The van der Waals surface area contributed by atoms with E-state index in [1.807, 2.05) is 6.92 Å². The van der Waals surface area contributed by atoms with E-state index in [4.69, 9.17) is 16.7 Å². The zero-order valence-corrected chi connectivity index (χ0v) is 7.71. The summed E-state index contributed by atoms with van der Waals surface area (Å²) < 4.78 is 0. The molecule has 1 fully saturated rings. The molecule has 0 aliphatic carbocycles. The van der Waals surface area contributed by atoms with Crippen LogP contribution in [0.1, 0.15) is 6.92 Å². The number of hydrogen-bond donors (Lipinski definition) is 1. The Balaban J connectivity index is 2.22. The van der Waals surface area contributed by atoms with E-state index < -0.39 is 5.97 Å². The summed E-state index contributed by atoms with van der Waals surface area (Å²) >= 11 is 5.47. The number of hydrogen-bond acceptors (Lipinski definition) is 2. The van der Waals surface area contributed by atoms with Gasteiger partial charge in [-0.05, 0) is 12.5 Å². The molecule has 68 valence electrons. The van der Waals surface area contributed by atoms with Crippen molar-refractivity contribution < 1.29 is 9.90 Å². The summed E-state index contributed by atoms with van der Waals surface area (Å²) in [6.45, 7) is 4.02. The summed E-state index contributed by atoms with van der Waals surface area (Å²) in [5.41, 5.74) is 2.61. The second-order valence-corrected chi connectivity index (χ2v) is 3.40. The fraction of sp³-hybridized carbons (Fsp3) is 0.625. The van der Waals surface area contributed by atoms with Crippen LogP contribution in [0.4, 0.5) is 0 Å². The van der Waals surface area contributed by atoms with E-state index in [-0.39, 0.29) is 5.92 Å². The van der Waals surface area contributed by atoms with Crippen LogP contribution in [-0.2, 0) is 4.79 Å². The Morgan fingerprint density at radius 3 is 2.75 bits per heavy atom. The first-order valence-corrected chi connectivity index (χ1v) is 4.28. The lowest BCUT2D eigenvalue weighted by Crippen LogP contribution is -2.50. The summed E-state index contributed by atoms with van der Waals surface area (Å²) in [6.07, 6.45) is 0. The zero-order valence-electron chi connectivity index (χ0n) is 6.96. The summed E-state index contributed by atoms with van der Waals surface area (Å²) in [6, 6.07) is 0. The number of carboxylic acid groups (broad SMARTS) is 1. The Labute approximate surface area is 76.6 Å². The van der Waals surface area contributed by atoms with Gasteiger partial charge in [-0.1, -0.05) is 11.6 Å². The number of nitrogens with zero attached hydrogens (tertiary/aromatic N) is 1. The van der Waals surface area contributed by atoms with Crippen molar-refractivity contribution in [2.75, 3.05) is 19.6 Å². The van der Waals surface area contributed by atoms with Crippen molar-refractivity contribution >= 4 is 17.6 Å². The minimum Gasteiger partial charge on any atom is -0.481 e. The third kappa shape index (κ3) is 2.22. The number of carboxylic acids is 1. The summed E-state index contributed by atoms with van der Waals surface area (Å²) in [4.78, 5) is 12.5. The van der Waals surface area contributed by atoms with Crippen molar-refractivity contribution in [3.05, 3.63) is 11.1 Å². The van der Waals surface area contributed by atoms with E-state index in [0.717, 1.165) is 12.1 Å². The van der Waals surface area contributed by atoms with Crippen LogP contribution in [0.5, 0.6) is 0 Å². The topological polar surface area (TPSA) is 40.5 Å². The molecule has 1 saturated heterocycles. The molecule has 0 saturated carbocycles. The van der Waals surface area contributed by atoms with Crippen molar-refractivity contribution in [3.63, 3.8) is 0 Å². The van der Waals surface area contributed by atoms with Crippen LogP contribution in [0.3, 0.4) is 0 Å². The second kappa shape index (κ2) is 3.92. The smallest absolute Gasteiger partial charge is 0.309 e. The minimum absolute atomic E-state index is 0.173. The maximum Gasteiger partial charge on any atom is 0.309 e. The Morgan fingerprint density at radius 1 is 1.75 bits per heavy atom. The van der Waals surface area contributed by atoms with E-state index >= 15 is 0 Å². The fourth-order valence-electron chi connectivity index (χ4n) is 1.24. The molecular weight excluding hydrogens is 178 g/mol. The molecule has 12 heavy (non-hydrogen) atoms. The van der Waals surface area contributed by atoms with Crippen molar-refractivity contribution in [1.29, 1.82) is 0 Å². The molecule has 0 radical (unpaired) electrons. The van der Waals surface area contributed by atoms with Crippen LogP contribution in [0.2, 0.25) is 0 Å². The lowest BCUT2D eigenvalue weighted by molar-refractivity contribution is -0.147. The van der Waals surface area contributed by atoms with Gasteiger partial charge in [0.05, 0.1) is 5.92 Å². The molecule has 0 bridgehead atoms. The van der Waals surface area contributed by atoms with E-state index in [1.165, 1.54) is 5.54 Å². The first kappa shape index (κ1) is 9.55. The quantitative estimate of drug-likeness (QED) is 0.724. The number of aliphatic carboxylic acids is 1. The van der Waals surface area contributed by atoms with Crippen LogP contribution >= 0.6 is 11.6 Å². The number of halogens is 1. The van der Waals surface area contributed by atoms with Gasteiger partial charge in [-0.15, -0.1) is 0 Å². The molecule has 1 rings (SSSR count). The minimum atomic E-state index is -0.696. The van der Waals surface area contributed by atoms with Gasteiger partial charge >= 0.3 is 5.97 Å². The molecule has 0 aromatic rings. The maximum absolute atomic E-state index is 10.4. The molecule has 0 spiro atoms. The zero-order chi connectivity index (χ0) is 9.14. The maximum atomic E-state index is 10.4. The van der Waals surface area contributed by atoms with Crippen LogP contribution in [0.15, 0.2) is 11.1 Å². The van der Waals surface area contributed by atoms with Gasteiger partial charge in [-0.3, -0.25) is 9.69 Å². The van der Waals surface area contributed by atoms with Gasteiger partial charge in [-0.2, -0.15) is 0 Å². The van der Waals surface area contributed by atoms with Gasteiger partial charge in [0, 0.05) is 25.2 Å². The highest BCUT2D eigenvalue weighted by molar-refractivity contribution is 6.25. The molecule has 1 N–H and O–H groups in total. The van der Waals surface area contributed by atoms with E-state index in [9.17, 15) is 4.79 Å². The fourth-order valence-corrected chi connectivity index (χ4v) is 1.31. The third-order valence-electron chi connectivity index (χ3n) is 1.97. The highest BCUT2D eigenvalue weighted by Gasteiger charge is 2.31. The Hall–Kier alpha value is -0.540. The molecule has 0 aromatic carbocycles.